The second-order valence-electron chi connectivity index (χ2n) is 2.83. The van der Waals surface area contributed by atoms with Crippen molar-refractivity contribution in [1.29, 1.82) is 0 Å². The lowest BCUT2D eigenvalue weighted by molar-refractivity contribution is -0.136. The van der Waals surface area contributed by atoms with Gasteiger partial charge in [0.15, 0.2) is 0 Å². The van der Waals surface area contributed by atoms with Gasteiger partial charge in [-0.2, -0.15) is 0 Å². The van der Waals surface area contributed by atoms with E-state index in [0.717, 1.165) is 5.48 Å². The van der Waals surface area contributed by atoms with Gasteiger partial charge in [-0.15, -0.1) is 0 Å². The molecule has 0 bridgehead atoms. The number of hydrogen-bond acceptors (Lipinski definition) is 5. The van der Waals surface area contributed by atoms with Crippen molar-refractivity contribution in [2.75, 3.05) is 11.9 Å². The molecule has 0 radical (unpaired) electrons. The van der Waals surface area contributed by atoms with Crippen molar-refractivity contribution in [3.63, 3.8) is 0 Å². The van der Waals surface area contributed by atoms with Crippen LogP contribution in [0.5, 0.6) is 0 Å². The second-order valence-corrected chi connectivity index (χ2v) is 3.61. The van der Waals surface area contributed by atoms with Crippen LogP contribution in [0, 0.1) is 0 Å². The lowest BCUT2D eigenvalue weighted by Gasteiger charge is -2.08. The van der Waals surface area contributed by atoms with Gasteiger partial charge in [0, 0.05) is 0 Å². The molecule has 0 aromatic heterocycles. The smallest absolute Gasteiger partial charge is 0.373 e. The van der Waals surface area contributed by atoms with Crippen molar-refractivity contribution in [3.05, 3.63) is 28.2 Å². The van der Waals surface area contributed by atoms with Crippen molar-refractivity contribution in [2.24, 2.45) is 0 Å². The number of ether oxygens (including phenoxy) is 1. The van der Waals surface area contributed by atoms with Gasteiger partial charge in [-0.3, -0.25) is 5.21 Å². The molecule has 0 saturated heterocycles. The number of rotatable bonds is 3. The van der Waals surface area contributed by atoms with Crippen molar-refractivity contribution < 1.29 is 19.5 Å². The highest BCUT2D eigenvalue weighted by Gasteiger charge is 2.10. The Morgan fingerprint density at radius 1 is 1.35 bits per heavy atom. The second kappa shape index (κ2) is 6.29. The van der Waals surface area contributed by atoms with Gasteiger partial charge in [0.05, 0.1) is 15.7 Å². The fourth-order valence-corrected chi connectivity index (χ4v) is 1.34. The predicted octanol–water partition coefficient (Wildman–Crippen LogP) is 2.05. The summed E-state index contributed by atoms with van der Waals surface area (Å²) < 4.78 is 4.11. The molecular weight excluding hydrogens is 271 g/mol. The molecule has 1 aromatic rings. The van der Waals surface area contributed by atoms with E-state index in [0.29, 0.717) is 10.7 Å². The molecule has 1 rings (SSSR count). The fourth-order valence-electron chi connectivity index (χ4n) is 0.970. The highest BCUT2D eigenvalue weighted by Crippen LogP contribution is 2.29. The van der Waals surface area contributed by atoms with E-state index in [1.165, 1.54) is 0 Å². The third-order valence-electron chi connectivity index (χ3n) is 1.67. The summed E-state index contributed by atoms with van der Waals surface area (Å²) in [6.45, 7) is -0.298. The largest absolute Gasteiger partial charge is 0.438 e. The normalized spacial score (nSPS) is 9.59. The minimum atomic E-state index is -1.26. The van der Waals surface area contributed by atoms with E-state index in [1.54, 1.807) is 18.2 Å². The van der Waals surface area contributed by atoms with E-state index in [2.05, 4.69) is 10.1 Å². The molecule has 3 N–H and O–H groups in total. The molecule has 1 amide bonds. The predicted molar refractivity (Wildman–Crippen MR) is 61.4 cm³/mol. The topological polar surface area (TPSA) is 87.7 Å². The maximum absolute atomic E-state index is 11.0. The Morgan fingerprint density at radius 2 is 2.06 bits per heavy atom. The van der Waals surface area contributed by atoms with Crippen LogP contribution in [0.2, 0.25) is 10.0 Å². The number of benzene rings is 1. The van der Waals surface area contributed by atoms with Gasteiger partial charge >= 0.3 is 12.1 Å². The molecule has 0 unspecified atom stereocenters. The Balaban J connectivity index is 2.53. The van der Waals surface area contributed by atoms with Crippen LogP contribution in [-0.4, -0.2) is 23.8 Å². The summed E-state index contributed by atoms with van der Waals surface area (Å²) in [6.07, 6.45) is -1.26. The first-order valence-corrected chi connectivity index (χ1v) is 5.13. The molecule has 17 heavy (non-hydrogen) atoms. The number of anilines is 1. The van der Waals surface area contributed by atoms with Crippen LogP contribution in [0.15, 0.2) is 18.2 Å². The van der Waals surface area contributed by atoms with Gasteiger partial charge in [0.2, 0.25) is 0 Å². The SMILES string of the molecule is O=C(CNc1cccc(Cl)c1Cl)OC(=O)NO. The summed E-state index contributed by atoms with van der Waals surface area (Å²) in [5, 5.41) is 11.3. The van der Waals surface area contributed by atoms with Gasteiger partial charge in [0.25, 0.3) is 0 Å². The standard InChI is InChI=1S/C9H8Cl2N2O4/c10-5-2-1-3-6(8(5)11)12-4-7(14)17-9(15)13-16/h1-3,12,16H,4H2,(H,13,15). The lowest BCUT2D eigenvalue weighted by atomic mass is 10.3. The zero-order valence-electron chi connectivity index (χ0n) is 8.37. The van der Waals surface area contributed by atoms with E-state index < -0.39 is 12.1 Å². The minimum Gasteiger partial charge on any atom is -0.373 e. The Labute approximate surface area is 106 Å². The van der Waals surface area contributed by atoms with Crippen LogP contribution in [-0.2, 0) is 9.53 Å². The summed E-state index contributed by atoms with van der Waals surface area (Å²) in [7, 11) is 0. The molecule has 0 aliphatic heterocycles. The average Bonchev–Trinajstić information content (AvgIpc) is 2.31. The molecule has 6 nitrogen and oxygen atoms in total. The summed E-state index contributed by atoms with van der Waals surface area (Å²) in [6, 6.07) is 4.84. The summed E-state index contributed by atoms with van der Waals surface area (Å²) >= 11 is 11.6. The summed E-state index contributed by atoms with van der Waals surface area (Å²) in [5.74, 6) is -0.882. The highest BCUT2D eigenvalue weighted by molar-refractivity contribution is 6.43. The summed E-state index contributed by atoms with van der Waals surface area (Å²) in [4.78, 5) is 21.5. The number of hydroxylamine groups is 1. The number of halogens is 2. The van der Waals surface area contributed by atoms with Crippen LogP contribution >= 0.6 is 23.2 Å². The Hall–Kier alpha value is -1.50. The summed E-state index contributed by atoms with van der Waals surface area (Å²) in [5.41, 5.74) is 1.59. The average molecular weight is 279 g/mol. The molecule has 0 heterocycles. The van der Waals surface area contributed by atoms with Crippen LogP contribution in [0.4, 0.5) is 10.5 Å². The van der Waals surface area contributed by atoms with E-state index in [4.69, 9.17) is 28.4 Å². The Bertz CT molecular complexity index is 439. The van der Waals surface area contributed by atoms with Crippen molar-refractivity contribution in [3.8, 4) is 0 Å². The van der Waals surface area contributed by atoms with Crippen LogP contribution < -0.4 is 10.8 Å². The third kappa shape index (κ3) is 4.10. The molecule has 0 fully saturated rings. The molecule has 0 aliphatic rings. The molecular formula is C9H8Cl2N2O4. The zero-order chi connectivity index (χ0) is 12.8. The van der Waals surface area contributed by atoms with Crippen molar-refractivity contribution >= 4 is 41.0 Å². The van der Waals surface area contributed by atoms with Gasteiger partial charge in [-0.1, -0.05) is 29.3 Å². The molecule has 92 valence electrons. The van der Waals surface area contributed by atoms with Crippen LogP contribution in [0.25, 0.3) is 0 Å². The zero-order valence-corrected chi connectivity index (χ0v) is 9.88. The first kappa shape index (κ1) is 13.6. The number of carbonyl (C=O) groups is 2. The minimum absolute atomic E-state index is 0.258. The van der Waals surface area contributed by atoms with Gasteiger partial charge in [-0.25, -0.2) is 15.1 Å². The number of carbonyl (C=O) groups excluding carboxylic acids is 2. The number of esters is 1. The van der Waals surface area contributed by atoms with Gasteiger partial charge < -0.3 is 10.1 Å². The van der Waals surface area contributed by atoms with E-state index in [-0.39, 0.29) is 11.6 Å². The van der Waals surface area contributed by atoms with Crippen molar-refractivity contribution in [2.45, 2.75) is 0 Å². The number of hydrogen-bond donors (Lipinski definition) is 3. The Morgan fingerprint density at radius 3 is 2.71 bits per heavy atom. The molecule has 0 aliphatic carbocycles. The van der Waals surface area contributed by atoms with E-state index in [9.17, 15) is 9.59 Å². The molecule has 0 spiro atoms. The maximum atomic E-state index is 11.0. The number of nitrogens with one attached hydrogen (secondary N) is 2. The quantitative estimate of drug-likeness (QED) is 0.341. The monoisotopic (exact) mass is 278 g/mol. The maximum Gasteiger partial charge on any atom is 0.438 e. The molecule has 0 atom stereocenters. The molecule has 0 saturated carbocycles. The van der Waals surface area contributed by atoms with E-state index in [1.807, 2.05) is 0 Å². The lowest BCUT2D eigenvalue weighted by Crippen LogP contribution is -2.27. The van der Waals surface area contributed by atoms with E-state index >= 15 is 0 Å². The fraction of sp³-hybridized carbons (Fsp3) is 0.111. The first-order valence-electron chi connectivity index (χ1n) is 4.37. The number of amides is 1. The van der Waals surface area contributed by atoms with Crippen LogP contribution in [0.3, 0.4) is 0 Å². The van der Waals surface area contributed by atoms with Crippen LogP contribution in [0.1, 0.15) is 0 Å². The Kier molecular flexibility index (Phi) is 5.02. The van der Waals surface area contributed by atoms with Gasteiger partial charge in [-0.05, 0) is 12.1 Å². The van der Waals surface area contributed by atoms with Crippen molar-refractivity contribution in [1.82, 2.24) is 5.48 Å². The highest BCUT2D eigenvalue weighted by atomic mass is 35.5. The first-order chi connectivity index (χ1) is 8.04. The molecule has 8 heteroatoms. The third-order valence-corrected chi connectivity index (χ3v) is 2.49. The van der Waals surface area contributed by atoms with Gasteiger partial charge in [0.1, 0.15) is 6.54 Å². The molecule has 1 aromatic carbocycles.